The monoisotopic (exact) mass is 266 g/mol. The number of carbonyl (C=O) groups is 1. The maximum atomic E-state index is 10.6. The maximum absolute atomic E-state index is 10.6. The SMILES string of the molecule is CCC1CCC(C2CCC(CCC(=O)O)CC2)CC1. The molecule has 2 heteroatoms. The Kier molecular flexibility index (Phi) is 5.72. The van der Waals surface area contributed by atoms with Crippen molar-refractivity contribution in [1.82, 2.24) is 0 Å². The van der Waals surface area contributed by atoms with Gasteiger partial charge in [0.15, 0.2) is 0 Å². The second-order valence-electron chi connectivity index (χ2n) is 6.90. The van der Waals surface area contributed by atoms with Gasteiger partial charge in [0.25, 0.3) is 0 Å². The fourth-order valence-corrected chi connectivity index (χ4v) is 4.34. The molecule has 0 aliphatic heterocycles. The van der Waals surface area contributed by atoms with E-state index in [0.29, 0.717) is 12.3 Å². The smallest absolute Gasteiger partial charge is 0.303 e. The summed E-state index contributed by atoms with van der Waals surface area (Å²) in [6, 6.07) is 0. The lowest BCUT2D eigenvalue weighted by molar-refractivity contribution is -0.137. The molecule has 2 rings (SSSR count). The number of carboxylic acid groups (broad SMARTS) is 1. The summed E-state index contributed by atoms with van der Waals surface area (Å²) in [5, 5.41) is 8.75. The van der Waals surface area contributed by atoms with E-state index < -0.39 is 5.97 Å². The van der Waals surface area contributed by atoms with Crippen molar-refractivity contribution in [2.45, 2.75) is 77.6 Å². The highest BCUT2D eigenvalue weighted by Crippen LogP contribution is 2.42. The van der Waals surface area contributed by atoms with Crippen molar-refractivity contribution in [3.63, 3.8) is 0 Å². The molecule has 2 fully saturated rings. The van der Waals surface area contributed by atoms with Crippen LogP contribution in [-0.2, 0) is 4.79 Å². The van der Waals surface area contributed by atoms with Crippen LogP contribution >= 0.6 is 0 Å². The first-order valence-corrected chi connectivity index (χ1v) is 8.40. The molecule has 0 bridgehead atoms. The first-order valence-electron chi connectivity index (χ1n) is 8.40. The van der Waals surface area contributed by atoms with Crippen LogP contribution in [-0.4, -0.2) is 11.1 Å². The van der Waals surface area contributed by atoms with E-state index in [0.717, 1.165) is 24.2 Å². The molecule has 0 radical (unpaired) electrons. The molecule has 2 aliphatic carbocycles. The third kappa shape index (κ3) is 4.50. The highest BCUT2D eigenvalue weighted by atomic mass is 16.4. The van der Waals surface area contributed by atoms with E-state index >= 15 is 0 Å². The molecule has 0 aromatic carbocycles. The summed E-state index contributed by atoms with van der Waals surface area (Å²) in [4.78, 5) is 10.6. The normalized spacial score (nSPS) is 36.1. The predicted molar refractivity (Wildman–Crippen MR) is 78.1 cm³/mol. The number of carboxylic acids is 1. The molecule has 0 spiro atoms. The molecule has 0 heterocycles. The average molecular weight is 266 g/mol. The number of rotatable bonds is 5. The van der Waals surface area contributed by atoms with Crippen LogP contribution in [0.15, 0.2) is 0 Å². The van der Waals surface area contributed by atoms with Crippen LogP contribution < -0.4 is 0 Å². The first kappa shape index (κ1) is 14.9. The molecule has 0 saturated heterocycles. The fourth-order valence-electron chi connectivity index (χ4n) is 4.34. The van der Waals surface area contributed by atoms with Crippen LogP contribution in [0, 0.1) is 23.7 Å². The predicted octanol–water partition coefficient (Wildman–Crippen LogP) is 4.87. The Morgan fingerprint density at radius 1 is 0.895 bits per heavy atom. The summed E-state index contributed by atoms with van der Waals surface area (Å²) >= 11 is 0. The second-order valence-corrected chi connectivity index (χ2v) is 6.90. The van der Waals surface area contributed by atoms with Crippen LogP contribution in [0.5, 0.6) is 0 Å². The fraction of sp³-hybridized carbons (Fsp3) is 0.941. The van der Waals surface area contributed by atoms with Gasteiger partial charge < -0.3 is 5.11 Å². The van der Waals surface area contributed by atoms with Gasteiger partial charge in [-0.3, -0.25) is 4.79 Å². The van der Waals surface area contributed by atoms with E-state index in [9.17, 15) is 4.79 Å². The Hall–Kier alpha value is -0.530. The minimum atomic E-state index is -0.625. The number of aliphatic carboxylic acids is 1. The van der Waals surface area contributed by atoms with Crippen molar-refractivity contribution in [2.75, 3.05) is 0 Å². The Bertz CT molecular complexity index is 271. The van der Waals surface area contributed by atoms with Gasteiger partial charge in [0.1, 0.15) is 0 Å². The van der Waals surface area contributed by atoms with Gasteiger partial charge in [-0.2, -0.15) is 0 Å². The van der Waals surface area contributed by atoms with E-state index in [1.165, 1.54) is 57.8 Å². The van der Waals surface area contributed by atoms with Gasteiger partial charge in [0, 0.05) is 6.42 Å². The molecule has 2 aliphatic rings. The zero-order valence-electron chi connectivity index (χ0n) is 12.4. The molecule has 2 nitrogen and oxygen atoms in total. The molecule has 0 amide bonds. The van der Waals surface area contributed by atoms with Gasteiger partial charge in [0.05, 0.1) is 0 Å². The Morgan fingerprint density at radius 2 is 1.37 bits per heavy atom. The van der Waals surface area contributed by atoms with Gasteiger partial charge in [-0.1, -0.05) is 39.0 Å². The Morgan fingerprint density at radius 3 is 1.79 bits per heavy atom. The molecule has 0 unspecified atom stereocenters. The first-order chi connectivity index (χ1) is 9.19. The highest BCUT2D eigenvalue weighted by Gasteiger charge is 2.30. The van der Waals surface area contributed by atoms with Crippen molar-refractivity contribution in [3.05, 3.63) is 0 Å². The molecule has 110 valence electrons. The van der Waals surface area contributed by atoms with E-state index in [-0.39, 0.29) is 0 Å². The van der Waals surface area contributed by atoms with E-state index in [4.69, 9.17) is 5.11 Å². The molecule has 19 heavy (non-hydrogen) atoms. The average Bonchev–Trinajstić information content (AvgIpc) is 2.46. The van der Waals surface area contributed by atoms with Gasteiger partial charge >= 0.3 is 5.97 Å². The molecule has 0 aromatic heterocycles. The van der Waals surface area contributed by atoms with Gasteiger partial charge in [-0.05, 0) is 55.8 Å². The maximum Gasteiger partial charge on any atom is 0.303 e. The van der Waals surface area contributed by atoms with Crippen molar-refractivity contribution < 1.29 is 9.90 Å². The van der Waals surface area contributed by atoms with Crippen LogP contribution in [0.1, 0.15) is 77.6 Å². The molecule has 2 saturated carbocycles. The molecule has 1 N–H and O–H groups in total. The lowest BCUT2D eigenvalue weighted by Crippen LogP contribution is -2.25. The summed E-state index contributed by atoms with van der Waals surface area (Å²) in [7, 11) is 0. The molecular weight excluding hydrogens is 236 g/mol. The third-order valence-corrected chi connectivity index (χ3v) is 5.79. The van der Waals surface area contributed by atoms with Crippen LogP contribution in [0.25, 0.3) is 0 Å². The summed E-state index contributed by atoms with van der Waals surface area (Å²) < 4.78 is 0. The van der Waals surface area contributed by atoms with Gasteiger partial charge in [-0.25, -0.2) is 0 Å². The standard InChI is InChI=1S/C17H30O2/c1-2-13-3-8-15(9-4-13)16-10-5-14(6-11-16)7-12-17(18)19/h13-16H,2-12H2,1H3,(H,18,19). The highest BCUT2D eigenvalue weighted by molar-refractivity contribution is 5.66. The molecular formula is C17H30O2. The van der Waals surface area contributed by atoms with Gasteiger partial charge in [-0.15, -0.1) is 0 Å². The lowest BCUT2D eigenvalue weighted by atomic mass is 9.68. The minimum absolute atomic E-state index is 0.372. The van der Waals surface area contributed by atoms with Gasteiger partial charge in [0.2, 0.25) is 0 Å². The summed E-state index contributed by atoms with van der Waals surface area (Å²) in [6.45, 7) is 2.33. The van der Waals surface area contributed by atoms with Crippen molar-refractivity contribution in [1.29, 1.82) is 0 Å². The summed E-state index contributed by atoms with van der Waals surface area (Å²) in [6.07, 6.45) is 13.8. The molecule has 0 atom stereocenters. The quantitative estimate of drug-likeness (QED) is 0.770. The number of hydrogen-bond acceptors (Lipinski definition) is 1. The van der Waals surface area contributed by atoms with Crippen molar-refractivity contribution in [3.8, 4) is 0 Å². The largest absolute Gasteiger partial charge is 0.481 e. The topological polar surface area (TPSA) is 37.3 Å². The van der Waals surface area contributed by atoms with Crippen LogP contribution in [0.4, 0.5) is 0 Å². The van der Waals surface area contributed by atoms with E-state index in [2.05, 4.69) is 6.92 Å². The van der Waals surface area contributed by atoms with Crippen molar-refractivity contribution in [2.24, 2.45) is 23.7 Å². The number of hydrogen-bond donors (Lipinski definition) is 1. The Labute approximate surface area is 118 Å². The zero-order chi connectivity index (χ0) is 13.7. The van der Waals surface area contributed by atoms with Crippen molar-refractivity contribution >= 4 is 5.97 Å². The Balaban J connectivity index is 1.67. The van der Waals surface area contributed by atoms with Crippen LogP contribution in [0.2, 0.25) is 0 Å². The summed E-state index contributed by atoms with van der Waals surface area (Å²) in [5.74, 6) is 3.02. The lowest BCUT2D eigenvalue weighted by Gasteiger charge is -2.37. The zero-order valence-corrected chi connectivity index (χ0v) is 12.4. The minimum Gasteiger partial charge on any atom is -0.481 e. The second kappa shape index (κ2) is 7.31. The van der Waals surface area contributed by atoms with Crippen LogP contribution in [0.3, 0.4) is 0 Å². The molecule has 0 aromatic rings. The van der Waals surface area contributed by atoms with E-state index in [1.807, 2.05) is 0 Å². The third-order valence-electron chi connectivity index (χ3n) is 5.79. The van der Waals surface area contributed by atoms with E-state index in [1.54, 1.807) is 0 Å². The summed E-state index contributed by atoms with van der Waals surface area (Å²) in [5.41, 5.74) is 0.